The van der Waals surface area contributed by atoms with Crippen molar-refractivity contribution in [3.05, 3.63) is 51.7 Å². The molecule has 1 aromatic heterocycles. The summed E-state index contributed by atoms with van der Waals surface area (Å²) in [7, 11) is -3.52. The minimum atomic E-state index is -3.52. The van der Waals surface area contributed by atoms with E-state index < -0.39 is 15.1 Å². The quantitative estimate of drug-likeness (QED) is 0.906. The van der Waals surface area contributed by atoms with E-state index in [9.17, 15) is 13.2 Å². The highest BCUT2D eigenvalue weighted by Crippen LogP contribution is 2.28. The molecule has 0 saturated heterocycles. The van der Waals surface area contributed by atoms with Gasteiger partial charge >= 0.3 is 5.69 Å². The summed E-state index contributed by atoms with van der Waals surface area (Å²) in [4.78, 5) is 16.9. The van der Waals surface area contributed by atoms with Gasteiger partial charge in [0.15, 0.2) is 9.84 Å². The van der Waals surface area contributed by atoms with Crippen molar-refractivity contribution < 1.29 is 8.42 Å². The van der Waals surface area contributed by atoms with E-state index in [-0.39, 0.29) is 10.6 Å². The van der Waals surface area contributed by atoms with Crippen LogP contribution in [0, 0.1) is 6.92 Å². The van der Waals surface area contributed by atoms with Crippen LogP contribution in [0.15, 0.2) is 34.0 Å². The lowest BCUT2D eigenvalue weighted by Crippen LogP contribution is -2.13. The Morgan fingerprint density at radius 3 is 2.30 bits per heavy atom. The van der Waals surface area contributed by atoms with Crippen LogP contribution in [-0.2, 0) is 16.3 Å². The van der Waals surface area contributed by atoms with Gasteiger partial charge in [-0.3, -0.25) is 0 Å². The average molecular weight is 294 g/mol. The molecule has 0 bridgehead atoms. The molecule has 0 aliphatic heterocycles. The molecule has 0 aliphatic rings. The molecule has 0 amide bonds. The normalized spacial score (nSPS) is 13.3. The van der Waals surface area contributed by atoms with Crippen molar-refractivity contribution in [2.75, 3.05) is 0 Å². The highest BCUT2D eigenvalue weighted by Gasteiger charge is 2.28. The van der Waals surface area contributed by atoms with Crippen LogP contribution in [0.1, 0.15) is 36.0 Å². The Kier molecular flexibility index (Phi) is 3.85. The van der Waals surface area contributed by atoms with Crippen molar-refractivity contribution in [2.45, 2.75) is 37.3 Å². The number of nitrogens with one attached hydrogen (secondary N) is 2. The summed E-state index contributed by atoms with van der Waals surface area (Å²) in [6.07, 6.45) is 0.571. The summed E-state index contributed by atoms with van der Waals surface area (Å²) in [5.74, 6) is 0. The van der Waals surface area contributed by atoms with E-state index in [4.69, 9.17) is 0 Å². The third-order valence-electron chi connectivity index (χ3n) is 3.41. The Morgan fingerprint density at radius 2 is 1.75 bits per heavy atom. The summed E-state index contributed by atoms with van der Waals surface area (Å²) in [6, 6.07) is 6.72. The largest absolute Gasteiger partial charge is 0.323 e. The number of aromatic amines is 2. The van der Waals surface area contributed by atoms with Crippen molar-refractivity contribution >= 4 is 9.84 Å². The molecule has 2 rings (SSSR count). The maximum absolute atomic E-state index is 12.6. The summed E-state index contributed by atoms with van der Waals surface area (Å²) in [5.41, 5.74) is 1.71. The fourth-order valence-corrected chi connectivity index (χ4v) is 3.58. The van der Waals surface area contributed by atoms with Gasteiger partial charge in [-0.05, 0) is 32.4 Å². The molecule has 20 heavy (non-hydrogen) atoms. The van der Waals surface area contributed by atoms with E-state index in [1.807, 2.05) is 13.8 Å². The first-order chi connectivity index (χ1) is 9.36. The Hall–Kier alpha value is -1.82. The standard InChI is InChI=1S/C14H18N2O3S/c1-4-12-13(16-14(17)15-12)10(3)20(18,19)11-7-5-9(2)6-8-11/h5-8,10H,4H2,1-3H3,(H2,15,16,17)/t10-/m1/s1. The van der Waals surface area contributed by atoms with Gasteiger partial charge in [-0.2, -0.15) is 0 Å². The van der Waals surface area contributed by atoms with E-state index >= 15 is 0 Å². The van der Waals surface area contributed by atoms with Gasteiger partial charge in [0.05, 0.1) is 10.6 Å². The van der Waals surface area contributed by atoms with Gasteiger partial charge in [0.1, 0.15) is 5.25 Å². The Labute approximate surface area is 118 Å². The molecule has 0 radical (unpaired) electrons. The lowest BCUT2D eigenvalue weighted by molar-refractivity contribution is 0.584. The van der Waals surface area contributed by atoms with Gasteiger partial charge in [0, 0.05) is 5.69 Å². The molecule has 0 saturated carbocycles. The summed E-state index contributed by atoms with van der Waals surface area (Å²) < 4.78 is 25.2. The fourth-order valence-electron chi connectivity index (χ4n) is 2.15. The van der Waals surface area contributed by atoms with Crippen LogP contribution in [0.3, 0.4) is 0 Å². The molecule has 6 heteroatoms. The monoisotopic (exact) mass is 294 g/mol. The lowest BCUT2D eigenvalue weighted by atomic mass is 10.2. The third kappa shape index (κ3) is 2.56. The zero-order valence-electron chi connectivity index (χ0n) is 11.7. The van der Waals surface area contributed by atoms with Crippen LogP contribution in [0.2, 0.25) is 0 Å². The smallest absolute Gasteiger partial charge is 0.310 e. The van der Waals surface area contributed by atoms with E-state index in [1.54, 1.807) is 31.2 Å². The second kappa shape index (κ2) is 5.28. The van der Waals surface area contributed by atoms with Crippen LogP contribution in [0.5, 0.6) is 0 Å². The highest BCUT2D eigenvalue weighted by molar-refractivity contribution is 7.91. The number of H-pyrrole nitrogens is 2. The van der Waals surface area contributed by atoms with Crippen molar-refractivity contribution in [3.63, 3.8) is 0 Å². The van der Waals surface area contributed by atoms with Crippen LogP contribution in [-0.4, -0.2) is 18.4 Å². The van der Waals surface area contributed by atoms with Crippen LogP contribution >= 0.6 is 0 Å². The van der Waals surface area contributed by atoms with Crippen molar-refractivity contribution in [1.29, 1.82) is 0 Å². The van der Waals surface area contributed by atoms with Gasteiger partial charge in [0.25, 0.3) is 0 Å². The number of imidazole rings is 1. The first kappa shape index (κ1) is 14.6. The maximum Gasteiger partial charge on any atom is 0.323 e. The molecule has 0 unspecified atom stereocenters. The maximum atomic E-state index is 12.6. The molecule has 1 heterocycles. The number of aryl methyl sites for hydroxylation is 2. The van der Waals surface area contributed by atoms with Gasteiger partial charge in [-0.25, -0.2) is 13.2 Å². The fraction of sp³-hybridized carbons (Fsp3) is 0.357. The van der Waals surface area contributed by atoms with E-state index in [0.717, 1.165) is 5.56 Å². The molecular weight excluding hydrogens is 276 g/mol. The van der Waals surface area contributed by atoms with E-state index in [1.165, 1.54) is 0 Å². The Morgan fingerprint density at radius 1 is 1.15 bits per heavy atom. The molecule has 1 aromatic carbocycles. The number of sulfone groups is 1. The van der Waals surface area contributed by atoms with Crippen molar-refractivity contribution in [3.8, 4) is 0 Å². The minimum Gasteiger partial charge on any atom is -0.310 e. The molecule has 0 spiro atoms. The molecule has 0 aliphatic carbocycles. The third-order valence-corrected chi connectivity index (χ3v) is 5.51. The minimum absolute atomic E-state index is 0.264. The van der Waals surface area contributed by atoms with Gasteiger partial charge in [-0.1, -0.05) is 24.6 Å². The Balaban J connectivity index is 2.48. The molecule has 2 N–H and O–H groups in total. The summed E-state index contributed by atoms with van der Waals surface area (Å²) >= 11 is 0. The zero-order chi connectivity index (χ0) is 14.9. The summed E-state index contributed by atoms with van der Waals surface area (Å²) in [5, 5.41) is -0.792. The second-order valence-corrected chi connectivity index (χ2v) is 7.09. The van der Waals surface area contributed by atoms with Crippen molar-refractivity contribution in [2.24, 2.45) is 0 Å². The molecule has 2 aromatic rings. The van der Waals surface area contributed by atoms with Crippen LogP contribution < -0.4 is 5.69 Å². The number of hydrogen-bond donors (Lipinski definition) is 2. The average Bonchev–Trinajstić information content (AvgIpc) is 2.79. The van der Waals surface area contributed by atoms with E-state index in [0.29, 0.717) is 17.8 Å². The molecule has 1 atom stereocenters. The SMILES string of the molecule is CCc1[nH]c(=O)[nH]c1[C@@H](C)S(=O)(=O)c1ccc(C)cc1. The van der Waals surface area contributed by atoms with Gasteiger partial charge in [0.2, 0.25) is 0 Å². The molecular formula is C14H18N2O3S. The zero-order valence-corrected chi connectivity index (χ0v) is 12.5. The van der Waals surface area contributed by atoms with Crippen LogP contribution in [0.4, 0.5) is 0 Å². The first-order valence-electron chi connectivity index (χ1n) is 6.48. The summed E-state index contributed by atoms with van der Waals surface area (Å²) in [6.45, 7) is 5.36. The number of hydrogen-bond acceptors (Lipinski definition) is 3. The van der Waals surface area contributed by atoms with Crippen molar-refractivity contribution in [1.82, 2.24) is 9.97 Å². The lowest BCUT2D eigenvalue weighted by Gasteiger charge is -2.13. The molecule has 0 fully saturated rings. The van der Waals surface area contributed by atoms with Crippen LogP contribution in [0.25, 0.3) is 0 Å². The number of rotatable bonds is 4. The van der Waals surface area contributed by atoms with Gasteiger partial charge < -0.3 is 9.97 Å². The highest BCUT2D eigenvalue weighted by atomic mass is 32.2. The Bertz CT molecular complexity index is 754. The van der Waals surface area contributed by atoms with Gasteiger partial charge in [-0.15, -0.1) is 0 Å². The molecule has 5 nitrogen and oxygen atoms in total. The first-order valence-corrected chi connectivity index (χ1v) is 8.02. The predicted molar refractivity (Wildman–Crippen MR) is 77.6 cm³/mol. The molecule has 108 valence electrons. The topological polar surface area (TPSA) is 82.8 Å². The number of aromatic nitrogens is 2. The second-order valence-electron chi connectivity index (χ2n) is 4.83. The van der Waals surface area contributed by atoms with E-state index in [2.05, 4.69) is 9.97 Å². The predicted octanol–water partition coefficient (Wildman–Crippen LogP) is 2.11. The number of benzene rings is 1.